The van der Waals surface area contributed by atoms with Gasteiger partial charge in [0, 0.05) is 18.7 Å². The number of anilines is 1. The van der Waals surface area contributed by atoms with Gasteiger partial charge in [-0.15, -0.1) is 0 Å². The molecule has 0 heterocycles. The molecular formula is C18H22N2. The maximum atomic E-state index is 4.71. The number of hydrogen-bond acceptors (Lipinski definition) is 1. The van der Waals surface area contributed by atoms with Gasteiger partial charge in [0.05, 0.1) is 0 Å². The van der Waals surface area contributed by atoms with Crippen molar-refractivity contribution >= 4 is 11.5 Å². The van der Waals surface area contributed by atoms with E-state index in [1.807, 2.05) is 24.3 Å². The van der Waals surface area contributed by atoms with E-state index in [4.69, 9.17) is 4.99 Å². The summed E-state index contributed by atoms with van der Waals surface area (Å²) in [5.41, 5.74) is 2.38. The van der Waals surface area contributed by atoms with Crippen LogP contribution in [0.1, 0.15) is 25.3 Å². The van der Waals surface area contributed by atoms with Gasteiger partial charge in [-0.2, -0.15) is 0 Å². The third kappa shape index (κ3) is 4.88. The summed E-state index contributed by atoms with van der Waals surface area (Å²) in [7, 11) is 0. The zero-order valence-corrected chi connectivity index (χ0v) is 12.0. The molecule has 0 aliphatic carbocycles. The maximum Gasteiger partial charge on any atom is 0.105 e. The summed E-state index contributed by atoms with van der Waals surface area (Å²) in [6.07, 6.45) is 3.15. The van der Waals surface area contributed by atoms with E-state index in [1.165, 1.54) is 12.0 Å². The molecule has 0 unspecified atom stereocenters. The number of rotatable bonds is 6. The number of para-hydroxylation sites is 1. The molecule has 0 atom stereocenters. The van der Waals surface area contributed by atoms with E-state index in [0.29, 0.717) is 0 Å². The van der Waals surface area contributed by atoms with Gasteiger partial charge >= 0.3 is 0 Å². The van der Waals surface area contributed by atoms with Crippen molar-refractivity contribution in [2.45, 2.75) is 26.2 Å². The molecule has 0 radical (unpaired) electrons. The van der Waals surface area contributed by atoms with Crippen molar-refractivity contribution in [2.75, 3.05) is 11.9 Å². The number of unbranched alkanes of at least 4 members (excludes halogenated alkanes) is 1. The van der Waals surface area contributed by atoms with Crippen LogP contribution in [0.5, 0.6) is 0 Å². The van der Waals surface area contributed by atoms with Gasteiger partial charge in [0.25, 0.3) is 0 Å². The van der Waals surface area contributed by atoms with Gasteiger partial charge in [0.15, 0.2) is 0 Å². The largest absolute Gasteiger partial charge is 0.344 e. The van der Waals surface area contributed by atoms with Gasteiger partial charge in [-0.3, -0.25) is 4.99 Å². The van der Waals surface area contributed by atoms with E-state index >= 15 is 0 Å². The molecule has 0 saturated heterocycles. The summed E-state index contributed by atoms with van der Waals surface area (Å²) in [5, 5.41) is 3.44. The monoisotopic (exact) mass is 266 g/mol. The van der Waals surface area contributed by atoms with Crippen LogP contribution in [0.3, 0.4) is 0 Å². The van der Waals surface area contributed by atoms with Crippen molar-refractivity contribution in [1.82, 2.24) is 0 Å². The Morgan fingerprint density at radius 3 is 2.25 bits per heavy atom. The number of amidine groups is 1. The van der Waals surface area contributed by atoms with Crippen molar-refractivity contribution in [3.63, 3.8) is 0 Å². The quantitative estimate of drug-likeness (QED) is 0.463. The van der Waals surface area contributed by atoms with Crippen LogP contribution in [-0.2, 0) is 6.42 Å². The van der Waals surface area contributed by atoms with Gasteiger partial charge in [0.2, 0.25) is 0 Å². The minimum absolute atomic E-state index is 0.847. The predicted molar refractivity (Wildman–Crippen MR) is 87.4 cm³/mol. The molecule has 0 saturated carbocycles. The van der Waals surface area contributed by atoms with Crippen molar-refractivity contribution in [1.29, 1.82) is 0 Å². The van der Waals surface area contributed by atoms with Crippen LogP contribution in [0.4, 0.5) is 5.69 Å². The second-order valence-electron chi connectivity index (χ2n) is 4.84. The highest BCUT2D eigenvalue weighted by molar-refractivity contribution is 5.96. The Balaban J connectivity index is 2.06. The fourth-order valence-electron chi connectivity index (χ4n) is 1.99. The van der Waals surface area contributed by atoms with E-state index in [9.17, 15) is 0 Å². The normalized spacial score (nSPS) is 11.3. The van der Waals surface area contributed by atoms with Crippen molar-refractivity contribution in [2.24, 2.45) is 4.99 Å². The van der Waals surface area contributed by atoms with Gasteiger partial charge < -0.3 is 5.32 Å². The van der Waals surface area contributed by atoms with Gasteiger partial charge in [0.1, 0.15) is 5.84 Å². The zero-order valence-electron chi connectivity index (χ0n) is 12.0. The van der Waals surface area contributed by atoms with Crippen LogP contribution in [0.2, 0.25) is 0 Å². The molecular weight excluding hydrogens is 244 g/mol. The number of hydrogen-bond donors (Lipinski definition) is 1. The fraction of sp³-hybridized carbons (Fsp3) is 0.278. The van der Waals surface area contributed by atoms with Crippen LogP contribution in [0, 0.1) is 0 Å². The Hall–Kier alpha value is -2.09. The summed E-state index contributed by atoms with van der Waals surface area (Å²) in [5.74, 6) is 1.04. The Labute approximate surface area is 121 Å². The highest BCUT2D eigenvalue weighted by Gasteiger charge is 2.02. The lowest BCUT2D eigenvalue weighted by atomic mass is 10.1. The lowest BCUT2D eigenvalue weighted by Gasteiger charge is -2.10. The smallest absolute Gasteiger partial charge is 0.105 e. The van der Waals surface area contributed by atoms with Crippen molar-refractivity contribution in [3.8, 4) is 0 Å². The summed E-state index contributed by atoms with van der Waals surface area (Å²) < 4.78 is 0. The first-order valence-electron chi connectivity index (χ1n) is 7.28. The Morgan fingerprint density at radius 2 is 1.60 bits per heavy atom. The topological polar surface area (TPSA) is 24.4 Å². The van der Waals surface area contributed by atoms with Gasteiger partial charge in [-0.25, -0.2) is 0 Å². The summed E-state index contributed by atoms with van der Waals surface area (Å²) in [6.45, 7) is 3.08. The Kier molecular flexibility index (Phi) is 5.84. The summed E-state index contributed by atoms with van der Waals surface area (Å²) >= 11 is 0. The lowest BCUT2D eigenvalue weighted by Crippen LogP contribution is -2.16. The van der Waals surface area contributed by atoms with E-state index in [2.05, 4.69) is 48.6 Å². The van der Waals surface area contributed by atoms with E-state index < -0.39 is 0 Å². The summed E-state index contributed by atoms with van der Waals surface area (Å²) in [6, 6.07) is 20.7. The van der Waals surface area contributed by atoms with Gasteiger partial charge in [-0.05, 0) is 24.1 Å². The van der Waals surface area contributed by atoms with E-state index in [1.54, 1.807) is 0 Å². The van der Waals surface area contributed by atoms with Gasteiger partial charge in [-0.1, -0.05) is 61.9 Å². The number of nitrogens with one attached hydrogen (secondary N) is 1. The highest BCUT2D eigenvalue weighted by atomic mass is 15.0. The number of benzene rings is 2. The second kappa shape index (κ2) is 8.16. The predicted octanol–water partition coefficient (Wildman–Crippen LogP) is 4.54. The van der Waals surface area contributed by atoms with E-state index in [-0.39, 0.29) is 0 Å². The molecule has 0 fully saturated rings. The summed E-state index contributed by atoms with van der Waals surface area (Å²) in [4.78, 5) is 4.71. The molecule has 1 N–H and O–H groups in total. The van der Waals surface area contributed by atoms with E-state index in [0.717, 1.165) is 30.9 Å². The molecule has 2 nitrogen and oxygen atoms in total. The molecule has 2 rings (SSSR count). The molecule has 0 spiro atoms. The molecule has 2 aromatic carbocycles. The maximum absolute atomic E-state index is 4.71. The standard InChI is InChI=1S/C18H22N2/c1-2-3-14-19-18(15-16-10-6-4-7-11-16)20-17-12-8-5-9-13-17/h4-13H,2-3,14-15H2,1H3,(H,19,20). The zero-order chi connectivity index (χ0) is 14.0. The molecule has 0 aromatic heterocycles. The number of nitrogens with zero attached hydrogens (tertiary/aromatic N) is 1. The highest BCUT2D eigenvalue weighted by Crippen LogP contribution is 2.08. The number of aliphatic imine (C=N–C) groups is 1. The van der Waals surface area contributed by atoms with Crippen LogP contribution in [-0.4, -0.2) is 12.4 Å². The molecule has 2 aromatic rings. The molecule has 0 aliphatic rings. The molecule has 20 heavy (non-hydrogen) atoms. The van der Waals surface area contributed by atoms with Crippen LogP contribution < -0.4 is 5.32 Å². The van der Waals surface area contributed by atoms with Crippen molar-refractivity contribution in [3.05, 3.63) is 66.2 Å². The fourth-order valence-corrected chi connectivity index (χ4v) is 1.99. The Bertz CT molecular complexity index is 474. The average Bonchev–Trinajstić information content (AvgIpc) is 2.49. The Morgan fingerprint density at radius 1 is 0.950 bits per heavy atom. The van der Waals surface area contributed by atoms with Crippen molar-refractivity contribution < 1.29 is 0 Å². The SMILES string of the molecule is CCCCN=C(Cc1ccccc1)Nc1ccccc1. The first kappa shape index (κ1) is 14.3. The molecule has 104 valence electrons. The lowest BCUT2D eigenvalue weighted by molar-refractivity contribution is 0.806. The van der Waals surface area contributed by atoms with Crippen LogP contribution in [0.15, 0.2) is 65.7 Å². The molecule has 0 aliphatic heterocycles. The minimum atomic E-state index is 0.847. The minimum Gasteiger partial charge on any atom is -0.344 e. The second-order valence-corrected chi connectivity index (χ2v) is 4.84. The molecule has 0 bridgehead atoms. The van der Waals surface area contributed by atoms with Crippen LogP contribution in [0.25, 0.3) is 0 Å². The van der Waals surface area contributed by atoms with Crippen LogP contribution >= 0.6 is 0 Å². The first-order chi connectivity index (χ1) is 9.88. The average molecular weight is 266 g/mol. The first-order valence-corrected chi connectivity index (χ1v) is 7.28. The molecule has 2 heteroatoms. The third-order valence-corrected chi connectivity index (χ3v) is 3.09. The molecule has 0 amide bonds. The third-order valence-electron chi connectivity index (χ3n) is 3.09.